The van der Waals surface area contributed by atoms with Crippen LogP contribution in [-0.2, 0) is 14.8 Å². The SMILES string of the molecule is CCCS(=O)(=O)NC(=O)C1(C)CCCN(C(=O)c2ccc(OC)cc2)C1. The first-order valence-electron chi connectivity index (χ1n) is 8.69. The third kappa shape index (κ3) is 4.75. The van der Waals surface area contributed by atoms with Crippen LogP contribution in [0.4, 0.5) is 0 Å². The van der Waals surface area contributed by atoms with Crippen molar-refractivity contribution in [2.24, 2.45) is 5.41 Å². The van der Waals surface area contributed by atoms with Crippen molar-refractivity contribution < 1.29 is 22.7 Å². The molecule has 1 N–H and O–H groups in total. The molecule has 1 atom stereocenters. The molecule has 1 unspecified atom stereocenters. The van der Waals surface area contributed by atoms with E-state index in [0.29, 0.717) is 37.1 Å². The Bertz CT molecular complexity index is 760. The number of benzene rings is 1. The second kappa shape index (κ2) is 8.07. The van der Waals surface area contributed by atoms with Gasteiger partial charge in [0.15, 0.2) is 0 Å². The van der Waals surface area contributed by atoms with Crippen LogP contribution in [0, 0.1) is 5.41 Å². The van der Waals surface area contributed by atoms with E-state index in [-0.39, 0.29) is 18.2 Å². The van der Waals surface area contributed by atoms with Crippen LogP contribution in [-0.4, -0.2) is 51.1 Å². The van der Waals surface area contributed by atoms with Crippen LogP contribution in [0.25, 0.3) is 0 Å². The fourth-order valence-electron chi connectivity index (χ4n) is 3.10. The summed E-state index contributed by atoms with van der Waals surface area (Å²) in [7, 11) is -2.08. The number of likely N-dealkylation sites (tertiary alicyclic amines) is 1. The lowest BCUT2D eigenvalue weighted by Crippen LogP contribution is -2.53. The van der Waals surface area contributed by atoms with E-state index < -0.39 is 21.3 Å². The van der Waals surface area contributed by atoms with E-state index in [1.165, 1.54) is 0 Å². The summed E-state index contributed by atoms with van der Waals surface area (Å²) in [6.07, 6.45) is 1.61. The number of carbonyl (C=O) groups is 2. The Balaban J connectivity index is 2.11. The topological polar surface area (TPSA) is 92.8 Å². The number of sulfonamides is 1. The number of hydrogen-bond donors (Lipinski definition) is 1. The van der Waals surface area contributed by atoms with Gasteiger partial charge in [0.05, 0.1) is 18.3 Å². The molecule has 2 rings (SSSR count). The fourth-order valence-corrected chi connectivity index (χ4v) is 4.27. The fraction of sp³-hybridized carbons (Fsp3) is 0.556. The zero-order chi connectivity index (χ0) is 19.4. The maximum atomic E-state index is 12.7. The first kappa shape index (κ1) is 20.2. The Hall–Kier alpha value is -2.09. The molecule has 0 bridgehead atoms. The molecule has 2 amide bonds. The van der Waals surface area contributed by atoms with Crippen molar-refractivity contribution in [3.05, 3.63) is 29.8 Å². The smallest absolute Gasteiger partial charge is 0.253 e. The van der Waals surface area contributed by atoms with Crippen molar-refractivity contribution in [2.45, 2.75) is 33.1 Å². The number of piperidine rings is 1. The molecule has 0 aliphatic carbocycles. The predicted octanol–water partition coefficient (Wildman–Crippen LogP) is 1.79. The molecular formula is C18H26N2O5S. The van der Waals surface area contributed by atoms with Crippen molar-refractivity contribution >= 4 is 21.8 Å². The van der Waals surface area contributed by atoms with Crippen molar-refractivity contribution in [1.82, 2.24) is 9.62 Å². The van der Waals surface area contributed by atoms with Crippen LogP contribution in [0.5, 0.6) is 5.75 Å². The van der Waals surface area contributed by atoms with Gasteiger partial charge in [-0.15, -0.1) is 0 Å². The summed E-state index contributed by atoms with van der Waals surface area (Å²) in [5.41, 5.74) is -0.421. The van der Waals surface area contributed by atoms with Crippen molar-refractivity contribution in [3.8, 4) is 5.75 Å². The van der Waals surface area contributed by atoms with Gasteiger partial charge in [0, 0.05) is 18.7 Å². The lowest BCUT2D eigenvalue weighted by Gasteiger charge is -2.39. The Morgan fingerprint density at radius 3 is 2.50 bits per heavy atom. The molecule has 0 aromatic heterocycles. The molecule has 144 valence electrons. The molecule has 0 saturated carbocycles. The average Bonchev–Trinajstić information content (AvgIpc) is 2.60. The Kier molecular flexibility index (Phi) is 6.28. The van der Waals surface area contributed by atoms with E-state index in [9.17, 15) is 18.0 Å². The van der Waals surface area contributed by atoms with E-state index in [0.717, 1.165) is 0 Å². The van der Waals surface area contributed by atoms with E-state index in [1.54, 1.807) is 50.1 Å². The number of ether oxygens (including phenoxy) is 1. The molecule has 0 spiro atoms. The van der Waals surface area contributed by atoms with E-state index in [1.807, 2.05) is 0 Å². The molecule has 1 aromatic rings. The lowest BCUT2D eigenvalue weighted by atomic mass is 9.81. The van der Waals surface area contributed by atoms with Gasteiger partial charge in [-0.3, -0.25) is 14.3 Å². The summed E-state index contributed by atoms with van der Waals surface area (Å²) in [5, 5.41) is 0. The molecule has 1 heterocycles. The molecule has 1 saturated heterocycles. The third-order valence-corrected chi connectivity index (χ3v) is 6.03. The number of rotatable bonds is 6. The highest BCUT2D eigenvalue weighted by atomic mass is 32.2. The summed E-state index contributed by atoms with van der Waals surface area (Å²) in [4.78, 5) is 26.9. The molecule has 8 heteroatoms. The van der Waals surface area contributed by atoms with Crippen LogP contribution in [0.2, 0.25) is 0 Å². The second-order valence-corrected chi connectivity index (χ2v) is 8.71. The van der Waals surface area contributed by atoms with Gasteiger partial charge in [-0.05, 0) is 50.5 Å². The number of nitrogens with zero attached hydrogens (tertiary/aromatic N) is 1. The Labute approximate surface area is 154 Å². The minimum absolute atomic E-state index is 0.0939. The first-order chi connectivity index (χ1) is 12.2. The Morgan fingerprint density at radius 2 is 1.92 bits per heavy atom. The number of methoxy groups -OCH3 is 1. The van der Waals surface area contributed by atoms with Crippen LogP contribution in [0.3, 0.4) is 0 Å². The van der Waals surface area contributed by atoms with Gasteiger partial charge in [-0.25, -0.2) is 8.42 Å². The van der Waals surface area contributed by atoms with Gasteiger partial charge in [0.1, 0.15) is 5.75 Å². The van der Waals surface area contributed by atoms with Gasteiger partial charge in [0.25, 0.3) is 5.91 Å². The van der Waals surface area contributed by atoms with Crippen molar-refractivity contribution in [1.29, 1.82) is 0 Å². The normalized spacial score (nSPS) is 20.5. The number of amides is 2. The third-order valence-electron chi connectivity index (χ3n) is 4.59. The largest absolute Gasteiger partial charge is 0.497 e. The molecule has 1 fully saturated rings. The summed E-state index contributed by atoms with van der Waals surface area (Å²) in [6.45, 7) is 4.17. The standard InChI is InChI=1S/C18H26N2O5S/c1-4-12-26(23,24)19-17(22)18(2)10-5-11-20(13-18)16(21)14-6-8-15(25-3)9-7-14/h6-9H,4-5,10-13H2,1-3H3,(H,19,22). The van der Waals surface area contributed by atoms with Crippen molar-refractivity contribution in [2.75, 3.05) is 26.0 Å². The molecule has 7 nitrogen and oxygen atoms in total. The van der Waals surface area contributed by atoms with Crippen molar-refractivity contribution in [3.63, 3.8) is 0 Å². The first-order valence-corrected chi connectivity index (χ1v) is 10.3. The number of hydrogen-bond acceptors (Lipinski definition) is 5. The van der Waals surface area contributed by atoms with E-state index in [2.05, 4.69) is 4.72 Å². The highest BCUT2D eigenvalue weighted by Gasteiger charge is 2.40. The summed E-state index contributed by atoms with van der Waals surface area (Å²) in [5.74, 6) is -0.157. The minimum atomic E-state index is -3.63. The second-order valence-electron chi connectivity index (χ2n) is 6.87. The van der Waals surface area contributed by atoms with Gasteiger partial charge in [0.2, 0.25) is 15.9 Å². The zero-order valence-electron chi connectivity index (χ0n) is 15.4. The van der Waals surface area contributed by atoms with Crippen LogP contribution < -0.4 is 9.46 Å². The monoisotopic (exact) mass is 382 g/mol. The minimum Gasteiger partial charge on any atom is -0.497 e. The van der Waals surface area contributed by atoms with Crippen LogP contribution in [0.1, 0.15) is 43.5 Å². The van der Waals surface area contributed by atoms with Gasteiger partial charge in [-0.2, -0.15) is 0 Å². The van der Waals surface area contributed by atoms with E-state index in [4.69, 9.17) is 4.74 Å². The summed E-state index contributed by atoms with van der Waals surface area (Å²) < 4.78 is 31.0. The Morgan fingerprint density at radius 1 is 1.27 bits per heavy atom. The van der Waals surface area contributed by atoms with Gasteiger partial charge >= 0.3 is 0 Å². The highest BCUT2D eigenvalue weighted by molar-refractivity contribution is 7.90. The van der Waals surface area contributed by atoms with Gasteiger partial charge < -0.3 is 9.64 Å². The maximum absolute atomic E-state index is 12.7. The average molecular weight is 382 g/mol. The van der Waals surface area contributed by atoms with Crippen LogP contribution in [0.15, 0.2) is 24.3 Å². The summed E-state index contributed by atoms with van der Waals surface area (Å²) in [6, 6.07) is 6.78. The molecular weight excluding hydrogens is 356 g/mol. The van der Waals surface area contributed by atoms with Crippen LogP contribution >= 0.6 is 0 Å². The lowest BCUT2D eigenvalue weighted by molar-refractivity contribution is -0.130. The zero-order valence-corrected chi connectivity index (χ0v) is 16.3. The van der Waals surface area contributed by atoms with E-state index >= 15 is 0 Å². The number of nitrogens with one attached hydrogen (secondary N) is 1. The summed E-state index contributed by atoms with van der Waals surface area (Å²) >= 11 is 0. The maximum Gasteiger partial charge on any atom is 0.253 e. The quantitative estimate of drug-likeness (QED) is 0.810. The molecule has 0 radical (unpaired) electrons. The number of carbonyl (C=O) groups excluding carboxylic acids is 2. The molecule has 1 aromatic carbocycles. The molecule has 26 heavy (non-hydrogen) atoms. The molecule has 1 aliphatic rings. The highest BCUT2D eigenvalue weighted by Crippen LogP contribution is 2.31. The molecule has 1 aliphatic heterocycles. The van der Waals surface area contributed by atoms with Gasteiger partial charge in [-0.1, -0.05) is 6.92 Å². The predicted molar refractivity (Wildman–Crippen MR) is 98.5 cm³/mol.